The van der Waals surface area contributed by atoms with Crippen molar-refractivity contribution in [1.82, 2.24) is 19.8 Å². The molecule has 0 bridgehead atoms. The molecule has 1 saturated heterocycles. The number of aryl methyl sites for hydroxylation is 1. The van der Waals surface area contributed by atoms with Crippen LogP contribution < -0.4 is 14.8 Å². The minimum Gasteiger partial charge on any atom is -0.439 e. The lowest BCUT2D eigenvalue weighted by atomic mass is 10.2. The van der Waals surface area contributed by atoms with Crippen molar-refractivity contribution in [3.8, 4) is 11.6 Å². The van der Waals surface area contributed by atoms with Crippen LogP contribution in [-0.4, -0.2) is 55.0 Å². The smallest absolute Gasteiger partial charge is 0.270 e. The molecular formula is C25H23Cl2N5O4S. The first-order chi connectivity index (χ1) is 17.7. The number of anilines is 1. The maximum atomic E-state index is 13.0. The van der Waals surface area contributed by atoms with Crippen molar-refractivity contribution < 1.29 is 17.9 Å². The first-order valence-corrected chi connectivity index (χ1v) is 13.7. The van der Waals surface area contributed by atoms with Crippen LogP contribution in [0.1, 0.15) is 10.5 Å². The fourth-order valence-corrected chi connectivity index (χ4v) is 5.54. The lowest BCUT2D eigenvalue weighted by Gasteiger charge is -2.27. The van der Waals surface area contributed by atoms with Crippen molar-refractivity contribution in [3.63, 3.8) is 0 Å². The standard InChI is InChI=1S/C25H23Cl2N5O4S/c1-31-22-6-3-18(12-16(22)13-23(31)25(33)32-10-8-28-9-11-32)36-24-7-2-17(15-29-24)30-37(34,35)19-4-5-20(26)21(27)14-19/h2-7,12-15,28,30H,8-11H2,1H3. The molecule has 0 saturated carbocycles. The van der Waals surface area contributed by atoms with Crippen molar-refractivity contribution in [3.05, 3.63) is 76.5 Å². The van der Waals surface area contributed by atoms with E-state index in [9.17, 15) is 13.2 Å². The van der Waals surface area contributed by atoms with E-state index >= 15 is 0 Å². The van der Waals surface area contributed by atoms with Crippen molar-refractivity contribution in [2.75, 3.05) is 30.9 Å². The molecule has 0 radical (unpaired) electrons. The molecule has 1 aliphatic heterocycles. The van der Waals surface area contributed by atoms with Gasteiger partial charge in [-0.3, -0.25) is 9.52 Å². The number of halogens is 2. The zero-order chi connectivity index (χ0) is 26.2. The summed E-state index contributed by atoms with van der Waals surface area (Å²) in [7, 11) is -2.00. The molecule has 37 heavy (non-hydrogen) atoms. The van der Waals surface area contributed by atoms with E-state index < -0.39 is 10.0 Å². The summed E-state index contributed by atoms with van der Waals surface area (Å²) in [6, 6.07) is 14.5. The van der Waals surface area contributed by atoms with Gasteiger partial charge in [-0.1, -0.05) is 23.2 Å². The van der Waals surface area contributed by atoms with Crippen molar-refractivity contribution >= 4 is 55.7 Å². The number of sulfonamides is 1. The second kappa shape index (κ2) is 10.2. The Morgan fingerprint density at radius 3 is 2.51 bits per heavy atom. The minimum absolute atomic E-state index is 0.00301. The van der Waals surface area contributed by atoms with E-state index in [1.165, 1.54) is 24.4 Å². The molecule has 12 heteroatoms. The third kappa shape index (κ3) is 5.37. The first-order valence-electron chi connectivity index (χ1n) is 11.4. The molecule has 0 aliphatic carbocycles. The number of hydrogen-bond acceptors (Lipinski definition) is 6. The summed E-state index contributed by atoms with van der Waals surface area (Å²) in [5, 5.41) is 4.52. The summed E-state index contributed by atoms with van der Waals surface area (Å²) in [6.07, 6.45) is 1.36. The van der Waals surface area contributed by atoms with E-state index in [-0.39, 0.29) is 32.4 Å². The third-order valence-corrected chi connectivity index (χ3v) is 8.17. The number of benzene rings is 2. The molecule has 1 fully saturated rings. The Bertz CT molecular complexity index is 1580. The Hall–Kier alpha value is -3.31. The number of nitrogens with zero attached hydrogens (tertiary/aromatic N) is 3. The fourth-order valence-electron chi connectivity index (χ4n) is 4.11. The molecule has 5 rings (SSSR count). The number of amides is 1. The number of carbonyl (C=O) groups excluding carboxylic acids is 1. The maximum Gasteiger partial charge on any atom is 0.270 e. The number of piperazine rings is 1. The van der Waals surface area contributed by atoms with E-state index in [1.54, 1.807) is 18.2 Å². The maximum absolute atomic E-state index is 13.0. The summed E-state index contributed by atoms with van der Waals surface area (Å²) in [4.78, 5) is 19.0. The van der Waals surface area contributed by atoms with E-state index in [0.29, 0.717) is 24.5 Å². The van der Waals surface area contributed by atoms with Gasteiger partial charge in [0.1, 0.15) is 11.4 Å². The number of pyridine rings is 1. The summed E-state index contributed by atoms with van der Waals surface area (Å²) >= 11 is 11.8. The Labute approximate surface area is 224 Å². The zero-order valence-electron chi connectivity index (χ0n) is 19.7. The summed E-state index contributed by atoms with van der Waals surface area (Å²) in [6.45, 7) is 2.94. The van der Waals surface area contributed by atoms with Crippen LogP contribution >= 0.6 is 23.2 Å². The minimum atomic E-state index is -3.88. The number of fused-ring (bicyclic) bond motifs is 1. The second-order valence-corrected chi connectivity index (χ2v) is 11.0. The molecule has 0 spiro atoms. The van der Waals surface area contributed by atoms with E-state index in [2.05, 4.69) is 15.0 Å². The van der Waals surface area contributed by atoms with Crippen LogP contribution in [0.15, 0.2) is 65.7 Å². The van der Waals surface area contributed by atoms with Crippen LogP contribution in [0.2, 0.25) is 10.0 Å². The fraction of sp³-hybridized carbons (Fsp3) is 0.200. The second-order valence-electron chi connectivity index (χ2n) is 8.52. The number of carbonyl (C=O) groups is 1. The van der Waals surface area contributed by atoms with Gasteiger partial charge in [-0.15, -0.1) is 0 Å². The molecule has 0 atom stereocenters. The molecule has 2 aromatic heterocycles. The van der Waals surface area contributed by atoms with Gasteiger partial charge in [0.05, 0.1) is 26.8 Å². The molecule has 9 nitrogen and oxygen atoms in total. The highest BCUT2D eigenvalue weighted by molar-refractivity contribution is 7.92. The van der Waals surface area contributed by atoms with Gasteiger partial charge in [0.2, 0.25) is 5.88 Å². The number of aromatic nitrogens is 2. The lowest BCUT2D eigenvalue weighted by Crippen LogP contribution is -2.46. The number of hydrogen-bond donors (Lipinski definition) is 2. The SMILES string of the molecule is Cn1c(C(=O)N2CCNCC2)cc2cc(Oc3ccc(NS(=O)(=O)c4ccc(Cl)c(Cl)c4)cn3)ccc21. The van der Waals surface area contributed by atoms with Crippen LogP contribution in [0.3, 0.4) is 0 Å². The number of nitrogens with one attached hydrogen (secondary N) is 2. The highest BCUT2D eigenvalue weighted by Crippen LogP contribution is 2.29. The molecule has 1 amide bonds. The number of ether oxygens (including phenoxy) is 1. The van der Waals surface area contributed by atoms with Gasteiger partial charge < -0.3 is 19.5 Å². The van der Waals surface area contributed by atoms with Gasteiger partial charge in [0.25, 0.3) is 15.9 Å². The van der Waals surface area contributed by atoms with E-state index in [4.69, 9.17) is 27.9 Å². The van der Waals surface area contributed by atoms with Gasteiger partial charge >= 0.3 is 0 Å². The molecule has 2 aromatic carbocycles. The molecule has 2 N–H and O–H groups in total. The molecule has 0 unspecified atom stereocenters. The van der Waals surface area contributed by atoms with Crippen LogP contribution in [0, 0.1) is 0 Å². The molecular weight excluding hydrogens is 537 g/mol. The molecule has 192 valence electrons. The highest BCUT2D eigenvalue weighted by atomic mass is 35.5. The Kier molecular flexibility index (Phi) is 7.00. The van der Waals surface area contributed by atoms with Crippen LogP contribution in [0.4, 0.5) is 5.69 Å². The van der Waals surface area contributed by atoms with Crippen LogP contribution in [-0.2, 0) is 17.1 Å². The highest BCUT2D eigenvalue weighted by Gasteiger charge is 2.22. The largest absolute Gasteiger partial charge is 0.439 e. The van der Waals surface area contributed by atoms with Gasteiger partial charge in [-0.25, -0.2) is 13.4 Å². The predicted octanol–water partition coefficient (Wildman–Crippen LogP) is 4.52. The molecule has 3 heterocycles. The lowest BCUT2D eigenvalue weighted by molar-refractivity contribution is 0.0726. The summed E-state index contributed by atoms with van der Waals surface area (Å²) < 4.78 is 35.5. The Balaban J connectivity index is 1.30. The normalized spacial score (nSPS) is 14.1. The molecule has 4 aromatic rings. The van der Waals surface area contributed by atoms with Crippen LogP contribution in [0.5, 0.6) is 11.6 Å². The number of rotatable bonds is 6. The first kappa shape index (κ1) is 25.3. The van der Waals surface area contributed by atoms with Crippen molar-refractivity contribution in [2.45, 2.75) is 4.90 Å². The van der Waals surface area contributed by atoms with Crippen LogP contribution in [0.25, 0.3) is 10.9 Å². The van der Waals surface area contributed by atoms with Gasteiger partial charge in [0, 0.05) is 50.2 Å². The monoisotopic (exact) mass is 559 g/mol. The summed E-state index contributed by atoms with van der Waals surface area (Å²) in [5.41, 5.74) is 1.78. The Morgan fingerprint density at radius 2 is 1.81 bits per heavy atom. The average Bonchev–Trinajstić information content (AvgIpc) is 3.22. The average molecular weight is 560 g/mol. The topological polar surface area (TPSA) is 106 Å². The molecule has 1 aliphatic rings. The zero-order valence-corrected chi connectivity index (χ0v) is 22.1. The quantitative estimate of drug-likeness (QED) is 0.360. The van der Waals surface area contributed by atoms with E-state index in [1.807, 2.05) is 34.7 Å². The Morgan fingerprint density at radius 1 is 1.03 bits per heavy atom. The predicted molar refractivity (Wildman–Crippen MR) is 143 cm³/mol. The van der Waals surface area contributed by atoms with Gasteiger partial charge in [-0.05, 0) is 48.5 Å². The van der Waals surface area contributed by atoms with Crippen molar-refractivity contribution in [2.24, 2.45) is 7.05 Å². The van der Waals surface area contributed by atoms with Gasteiger partial charge in [0.15, 0.2) is 0 Å². The van der Waals surface area contributed by atoms with Crippen molar-refractivity contribution in [1.29, 1.82) is 0 Å². The van der Waals surface area contributed by atoms with Gasteiger partial charge in [-0.2, -0.15) is 0 Å². The summed E-state index contributed by atoms with van der Waals surface area (Å²) in [5.74, 6) is 0.823. The third-order valence-electron chi connectivity index (χ3n) is 6.05. The van der Waals surface area contributed by atoms with E-state index in [0.717, 1.165) is 24.0 Å².